The second kappa shape index (κ2) is 2.52. The summed E-state index contributed by atoms with van der Waals surface area (Å²) in [5.74, 6) is 0. The number of benzene rings is 1. The Hall–Kier alpha value is -1.44. The summed E-state index contributed by atoms with van der Waals surface area (Å²) >= 11 is 0. The van der Waals surface area contributed by atoms with Crippen LogP contribution in [0.2, 0.25) is 0 Å². The molecule has 0 saturated carbocycles. The van der Waals surface area contributed by atoms with Crippen molar-refractivity contribution in [3.05, 3.63) is 35.7 Å². The molecule has 0 atom stereocenters. The summed E-state index contributed by atoms with van der Waals surface area (Å²) in [6.45, 7) is 0. The zero-order valence-electron chi connectivity index (χ0n) is 7.43. The van der Waals surface area contributed by atoms with E-state index in [1.54, 1.807) is 0 Å². The molecule has 2 nitrogen and oxygen atoms in total. The zero-order valence-corrected chi connectivity index (χ0v) is 7.43. The lowest BCUT2D eigenvalue weighted by Crippen LogP contribution is -2.05. The Morgan fingerprint density at radius 2 is 1.92 bits per heavy atom. The summed E-state index contributed by atoms with van der Waals surface area (Å²) in [4.78, 5) is 0. The van der Waals surface area contributed by atoms with E-state index < -0.39 is 0 Å². The number of hydrogen-bond acceptors (Lipinski definition) is 2. The first kappa shape index (κ1) is 7.01. The molecule has 1 aromatic rings. The number of aryl methyl sites for hydroxylation is 1. The highest BCUT2D eigenvalue weighted by Crippen LogP contribution is 2.36. The fraction of sp³-hybridized carbons (Fsp3) is 0.273. The predicted molar refractivity (Wildman–Crippen MR) is 54.9 cm³/mol. The first-order valence-electron chi connectivity index (χ1n) is 4.78. The van der Waals surface area contributed by atoms with E-state index in [2.05, 4.69) is 22.8 Å². The normalized spacial score (nSPS) is 17.2. The van der Waals surface area contributed by atoms with Crippen LogP contribution >= 0.6 is 0 Å². The Labute approximate surface area is 77.7 Å². The molecule has 13 heavy (non-hydrogen) atoms. The van der Waals surface area contributed by atoms with Gasteiger partial charge in [0.15, 0.2) is 0 Å². The maximum absolute atomic E-state index is 3.32. The molecule has 0 fully saturated rings. The number of anilines is 2. The van der Waals surface area contributed by atoms with Crippen LogP contribution in [0, 0.1) is 0 Å². The van der Waals surface area contributed by atoms with Crippen molar-refractivity contribution in [3.63, 3.8) is 0 Å². The van der Waals surface area contributed by atoms with E-state index >= 15 is 0 Å². The van der Waals surface area contributed by atoms with Crippen LogP contribution in [0.4, 0.5) is 11.4 Å². The molecule has 1 aliphatic carbocycles. The minimum absolute atomic E-state index is 1.21. The Morgan fingerprint density at radius 3 is 2.92 bits per heavy atom. The van der Waals surface area contributed by atoms with E-state index in [4.69, 9.17) is 0 Å². The Kier molecular flexibility index (Phi) is 1.36. The minimum atomic E-state index is 1.21. The molecule has 0 amide bonds. The molecule has 3 rings (SSSR count). The lowest BCUT2D eigenvalue weighted by atomic mass is 10.1. The van der Waals surface area contributed by atoms with Crippen molar-refractivity contribution in [3.8, 4) is 0 Å². The highest BCUT2D eigenvalue weighted by Gasteiger charge is 2.17. The highest BCUT2D eigenvalue weighted by molar-refractivity contribution is 5.78. The molecule has 0 unspecified atom stereocenters. The number of nitrogens with one attached hydrogen (secondary N) is 2. The zero-order chi connectivity index (χ0) is 8.67. The van der Waals surface area contributed by atoms with Gasteiger partial charge in [0.25, 0.3) is 0 Å². The monoisotopic (exact) mass is 172 g/mol. The van der Waals surface area contributed by atoms with Crippen molar-refractivity contribution >= 4 is 11.4 Å². The SMILES string of the molecule is C1=CNc2c(ccc3c2CCC3)N1. The van der Waals surface area contributed by atoms with E-state index in [-0.39, 0.29) is 0 Å². The van der Waals surface area contributed by atoms with Crippen LogP contribution in [0.5, 0.6) is 0 Å². The van der Waals surface area contributed by atoms with Gasteiger partial charge in [-0.15, -0.1) is 0 Å². The molecule has 2 heteroatoms. The van der Waals surface area contributed by atoms with Crippen LogP contribution in [0.25, 0.3) is 0 Å². The van der Waals surface area contributed by atoms with Crippen LogP contribution in [0.1, 0.15) is 17.5 Å². The first-order valence-corrected chi connectivity index (χ1v) is 4.78. The van der Waals surface area contributed by atoms with E-state index in [1.807, 2.05) is 12.4 Å². The average Bonchev–Trinajstić information content (AvgIpc) is 2.65. The van der Waals surface area contributed by atoms with Crippen molar-refractivity contribution in [2.45, 2.75) is 19.3 Å². The van der Waals surface area contributed by atoms with E-state index in [0.29, 0.717) is 0 Å². The summed E-state index contributed by atoms with van der Waals surface area (Å²) in [5, 5.41) is 6.57. The Bertz CT molecular complexity index is 380. The molecule has 2 N–H and O–H groups in total. The smallest absolute Gasteiger partial charge is 0.0654 e. The quantitative estimate of drug-likeness (QED) is 0.628. The van der Waals surface area contributed by atoms with Gasteiger partial charge in [-0.3, -0.25) is 0 Å². The molecule has 1 aliphatic heterocycles. The Morgan fingerprint density at radius 1 is 1.00 bits per heavy atom. The van der Waals surface area contributed by atoms with Crippen LogP contribution in [0.3, 0.4) is 0 Å². The van der Waals surface area contributed by atoms with Gasteiger partial charge in [-0.1, -0.05) is 6.07 Å². The third-order valence-corrected chi connectivity index (χ3v) is 2.83. The van der Waals surface area contributed by atoms with Gasteiger partial charge in [0.05, 0.1) is 11.4 Å². The van der Waals surface area contributed by atoms with E-state index in [0.717, 1.165) is 0 Å². The van der Waals surface area contributed by atoms with Gasteiger partial charge in [-0.25, -0.2) is 0 Å². The third-order valence-electron chi connectivity index (χ3n) is 2.83. The van der Waals surface area contributed by atoms with Gasteiger partial charge < -0.3 is 10.6 Å². The third kappa shape index (κ3) is 0.949. The fourth-order valence-electron chi connectivity index (χ4n) is 2.21. The van der Waals surface area contributed by atoms with Crippen molar-refractivity contribution in [2.75, 3.05) is 10.6 Å². The van der Waals surface area contributed by atoms with E-state index in [1.165, 1.54) is 41.8 Å². The van der Waals surface area contributed by atoms with Crippen molar-refractivity contribution in [2.24, 2.45) is 0 Å². The molecule has 2 aliphatic rings. The van der Waals surface area contributed by atoms with Crippen LogP contribution in [0.15, 0.2) is 24.5 Å². The van der Waals surface area contributed by atoms with E-state index in [9.17, 15) is 0 Å². The van der Waals surface area contributed by atoms with Gasteiger partial charge in [-0.2, -0.15) is 0 Å². The van der Waals surface area contributed by atoms with Crippen molar-refractivity contribution in [1.82, 2.24) is 0 Å². The molecule has 66 valence electrons. The fourth-order valence-corrected chi connectivity index (χ4v) is 2.21. The predicted octanol–water partition coefficient (Wildman–Crippen LogP) is 2.48. The minimum Gasteiger partial charge on any atom is -0.359 e. The van der Waals surface area contributed by atoms with Crippen LogP contribution < -0.4 is 10.6 Å². The molecule has 0 aromatic heterocycles. The van der Waals surface area contributed by atoms with Gasteiger partial charge >= 0.3 is 0 Å². The topological polar surface area (TPSA) is 24.1 Å². The van der Waals surface area contributed by atoms with Crippen LogP contribution in [-0.4, -0.2) is 0 Å². The first-order chi connectivity index (χ1) is 6.45. The van der Waals surface area contributed by atoms with Crippen molar-refractivity contribution < 1.29 is 0 Å². The molecular formula is C11H12N2. The average molecular weight is 172 g/mol. The maximum Gasteiger partial charge on any atom is 0.0654 e. The molecule has 0 saturated heterocycles. The van der Waals surface area contributed by atoms with Gasteiger partial charge in [0, 0.05) is 12.4 Å². The summed E-state index contributed by atoms with van der Waals surface area (Å²) in [6, 6.07) is 4.41. The number of hydrogen-bond donors (Lipinski definition) is 2. The standard InChI is InChI=1S/C11H12N2/c1-2-8-4-5-10-11(9(8)3-1)13-7-6-12-10/h4-7,12-13H,1-3H2. The second-order valence-corrected chi connectivity index (χ2v) is 3.60. The molecule has 1 heterocycles. The highest BCUT2D eigenvalue weighted by atomic mass is 15.0. The summed E-state index contributed by atoms with van der Waals surface area (Å²) in [7, 11) is 0. The summed E-state index contributed by atoms with van der Waals surface area (Å²) in [5.41, 5.74) is 5.53. The maximum atomic E-state index is 3.32. The molecule has 0 bridgehead atoms. The van der Waals surface area contributed by atoms with Crippen molar-refractivity contribution in [1.29, 1.82) is 0 Å². The summed E-state index contributed by atoms with van der Waals surface area (Å²) < 4.78 is 0. The van der Waals surface area contributed by atoms with Gasteiger partial charge in [0.2, 0.25) is 0 Å². The Balaban J connectivity index is 2.20. The van der Waals surface area contributed by atoms with Gasteiger partial charge in [-0.05, 0) is 36.5 Å². The largest absolute Gasteiger partial charge is 0.359 e. The molecule has 1 aromatic carbocycles. The van der Waals surface area contributed by atoms with Gasteiger partial charge in [0.1, 0.15) is 0 Å². The lowest BCUT2D eigenvalue weighted by Gasteiger charge is -2.17. The molecule has 0 radical (unpaired) electrons. The number of rotatable bonds is 0. The lowest BCUT2D eigenvalue weighted by molar-refractivity contribution is 0.912. The molecule has 0 spiro atoms. The molecular weight excluding hydrogens is 160 g/mol. The summed E-state index contributed by atoms with van der Waals surface area (Å²) in [6.07, 6.45) is 7.66. The van der Waals surface area contributed by atoms with Crippen LogP contribution in [-0.2, 0) is 12.8 Å². The number of fused-ring (bicyclic) bond motifs is 3. The second-order valence-electron chi connectivity index (χ2n) is 3.60.